The van der Waals surface area contributed by atoms with Crippen LogP contribution in [0.2, 0.25) is 0 Å². The van der Waals surface area contributed by atoms with Crippen LogP contribution < -0.4 is 0 Å². The fourth-order valence-corrected chi connectivity index (χ4v) is 3.56. The van der Waals surface area contributed by atoms with Crippen LogP contribution in [0, 0.1) is 74.8 Å². The second-order valence-corrected chi connectivity index (χ2v) is 11.7. The Balaban J connectivity index is -0.000000207. The van der Waals surface area contributed by atoms with E-state index in [2.05, 4.69) is 74.4 Å². The largest absolute Gasteiger partial charge is 3.00 e. The van der Waals surface area contributed by atoms with Gasteiger partial charge in [-0.15, -0.1) is 0 Å². The normalized spacial score (nSPS) is 11.4. The SMILES string of the molecule is CN=N.Cc1c(C)c(C)[c-](C)c1C.Cc1c(C)c(C)[c-](C)c1C.F[P-](F)(F)(F)(F)F.[Fe+2].[Fe+3].[S-]c1ccccc1[S-]. The molecule has 0 bridgehead atoms. The Bertz CT molecular complexity index is 974. The van der Waals surface area contributed by atoms with Crippen molar-refractivity contribution < 1.29 is 59.3 Å². The molecule has 0 saturated heterocycles. The molecule has 0 aliphatic carbocycles. The minimum atomic E-state index is -10.7. The molecule has 3 aromatic rings. The molecular formula is C27H38F6Fe2N2PS2. The maximum absolute atomic E-state index is 10.7. The van der Waals surface area contributed by atoms with Crippen LogP contribution in [0.1, 0.15) is 55.6 Å². The minimum Gasteiger partial charge on any atom is -0.781 e. The smallest absolute Gasteiger partial charge is 0.781 e. The third-order valence-corrected chi connectivity index (χ3v) is 7.32. The van der Waals surface area contributed by atoms with Crippen molar-refractivity contribution in [3.63, 3.8) is 0 Å². The summed E-state index contributed by atoms with van der Waals surface area (Å²) >= 11 is 9.70. The summed E-state index contributed by atoms with van der Waals surface area (Å²) in [4.78, 5) is 1.53. The molecule has 3 aromatic carbocycles. The Morgan fingerprint density at radius 2 is 0.775 bits per heavy atom. The molecule has 0 aliphatic heterocycles. The average Bonchev–Trinajstić information content (AvgIpc) is 3.05. The molecule has 0 heterocycles. The zero-order valence-electron chi connectivity index (χ0n) is 24.5. The molecule has 3 rings (SSSR count). The van der Waals surface area contributed by atoms with Crippen LogP contribution in [-0.2, 0) is 59.4 Å². The van der Waals surface area contributed by atoms with Crippen LogP contribution in [-0.4, -0.2) is 7.05 Å². The molecule has 231 valence electrons. The van der Waals surface area contributed by atoms with Gasteiger partial charge in [-0.25, -0.2) is 10.6 Å². The maximum Gasteiger partial charge on any atom is 3.00 e. The quantitative estimate of drug-likeness (QED) is 0.0630. The summed E-state index contributed by atoms with van der Waals surface area (Å²) in [6.07, 6.45) is 0. The van der Waals surface area contributed by atoms with Gasteiger partial charge in [0, 0.05) is 7.05 Å². The first-order valence-electron chi connectivity index (χ1n) is 11.4. The molecule has 0 saturated carbocycles. The summed E-state index contributed by atoms with van der Waals surface area (Å²) in [7, 11) is -9.24. The van der Waals surface area contributed by atoms with E-state index in [4.69, 9.17) is 30.8 Å². The molecule has 0 aliphatic rings. The van der Waals surface area contributed by atoms with Gasteiger partial charge in [-0.2, -0.15) is 65.4 Å². The van der Waals surface area contributed by atoms with E-state index < -0.39 is 7.81 Å². The zero-order chi connectivity index (χ0) is 30.9. The zero-order valence-corrected chi connectivity index (χ0v) is 29.2. The van der Waals surface area contributed by atoms with Gasteiger partial charge in [0.2, 0.25) is 0 Å². The number of halogens is 6. The van der Waals surface area contributed by atoms with Crippen molar-refractivity contribution in [1.82, 2.24) is 0 Å². The molecule has 0 fully saturated rings. The van der Waals surface area contributed by atoms with E-state index in [0.717, 1.165) is 9.79 Å². The van der Waals surface area contributed by atoms with Crippen LogP contribution in [0.3, 0.4) is 0 Å². The topological polar surface area (TPSA) is 36.2 Å². The minimum absolute atomic E-state index is 0. The number of nitrogens with zero attached hydrogens (tertiary/aromatic N) is 1. The van der Waals surface area contributed by atoms with Crippen molar-refractivity contribution in [2.24, 2.45) is 5.11 Å². The molecule has 1 N–H and O–H groups in total. The van der Waals surface area contributed by atoms with Crippen molar-refractivity contribution in [3.05, 3.63) is 79.9 Å². The summed E-state index contributed by atoms with van der Waals surface area (Å²) in [5.74, 6) is 0. The van der Waals surface area contributed by atoms with Crippen LogP contribution in [0.25, 0.3) is 0 Å². The summed E-state index contributed by atoms with van der Waals surface area (Å²) in [5.41, 5.74) is 20.5. The van der Waals surface area contributed by atoms with E-state index in [0.29, 0.717) is 0 Å². The van der Waals surface area contributed by atoms with Crippen molar-refractivity contribution in [2.75, 3.05) is 7.05 Å². The first-order valence-corrected chi connectivity index (χ1v) is 14.3. The molecule has 13 heteroatoms. The van der Waals surface area contributed by atoms with E-state index in [9.17, 15) is 25.2 Å². The van der Waals surface area contributed by atoms with Gasteiger partial charge in [-0.3, -0.25) is 0 Å². The summed E-state index contributed by atoms with van der Waals surface area (Å²) in [6.45, 7) is 22.0. The molecule has 0 amide bonds. The molecular weight excluding hydrogens is 673 g/mol. The van der Waals surface area contributed by atoms with Crippen LogP contribution in [0.4, 0.5) is 25.2 Å². The van der Waals surface area contributed by atoms with Crippen LogP contribution in [0.15, 0.2) is 39.2 Å². The van der Waals surface area contributed by atoms with Crippen LogP contribution >= 0.6 is 7.81 Å². The Morgan fingerprint density at radius 1 is 0.625 bits per heavy atom. The van der Waals surface area contributed by atoms with Gasteiger partial charge in [0.15, 0.2) is 0 Å². The van der Waals surface area contributed by atoms with Crippen molar-refractivity contribution in [3.8, 4) is 0 Å². The summed E-state index contributed by atoms with van der Waals surface area (Å²) < 4.78 is 59.2. The van der Waals surface area contributed by atoms with Gasteiger partial charge < -0.3 is 25.3 Å². The predicted molar refractivity (Wildman–Crippen MR) is 154 cm³/mol. The fraction of sp³-hybridized carbons (Fsp3) is 0.407. The molecule has 1 radical (unpaired) electrons. The Hall–Kier alpha value is -0.991. The molecule has 0 atom stereocenters. The van der Waals surface area contributed by atoms with Gasteiger partial charge in [0.05, 0.1) is 0 Å². The molecule has 0 aromatic heterocycles. The molecule has 2 nitrogen and oxygen atoms in total. The molecule has 0 unspecified atom stereocenters. The van der Waals surface area contributed by atoms with E-state index in [1.54, 1.807) is 0 Å². The second kappa shape index (κ2) is 17.2. The molecule has 0 spiro atoms. The number of benzene rings is 1. The fourth-order valence-electron chi connectivity index (χ4n) is 3.26. The molecule has 40 heavy (non-hydrogen) atoms. The number of rotatable bonds is 0. The van der Waals surface area contributed by atoms with Crippen LogP contribution in [0.5, 0.6) is 0 Å². The third-order valence-electron chi connectivity index (χ3n) is 6.47. The van der Waals surface area contributed by atoms with Gasteiger partial charge in [0.1, 0.15) is 0 Å². The Labute approximate surface area is 267 Å². The first-order chi connectivity index (χ1) is 16.8. The van der Waals surface area contributed by atoms with Gasteiger partial charge in [-0.1, -0.05) is 93.5 Å². The summed E-state index contributed by atoms with van der Waals surface area (Å²) in [6, 6.07) is 7.44. The monoisotopic (exact) mass is 711 g/mol. The van der Waals surface area contributed by atoms with Crippen molar-refractivity contribution >= 4 is 33.1 Å². The van der Waals surface area contributed by atoms with Crippen molar-refractivity contribution in [1.29, 1.82) is 5.53 Å². The average molecular weight is 711 g/mol. The number of hydrogen-bond acceptors (Lipinski definition) is 4. The van der Waals surface area contributed by atoms with Gasteiger partial charge in [-0.05, 0) is 0 Å². The van der Waals surface area contributed by atoms with Gasteiger partial charge >= 0.3 is 67.1 Å². The van der Waals surface area contributed by atoms with E-state index >= 15 is 0 Å². The number of nitrogens with one attached hydrogen (secondary N) is 1. The van der Waals surface area contributed by atoms with E-state index in [-0.39, 0.29) is 34.1 Å². The standard InChI is InChI=1S/2C10H15.C6H6S2.CH4N2.F6P.2Fe/c2*1-6-7(2)9(4)10(5)8(6)3;7-5-3-1-2-4-6(5)8;1-3-2;1-7(2,3,4,5)6;;/h2*1-5H3;1-4,7-8H;2H,1H3;;;/q2*-1;;;-1;+2;+3/p-2. The second-order valence-electron chi connectivity index (χ2n) is 8.88. The van der Waals surface area contributed by atoms with E-state index in [1.165, 1.54) is 62.7 Å². The summed E-state index contributed by atoms with van der Waals surface area (Å²) in [5, 5.41) is 2.75. The van der Waals surface area contributed by atoms with Gasteiger partial charge in [0.25, 0.3) is 0 Å². The van der Waals surface area contributed by atoms with E-state index in [1.807, 2.05) is 24.3 Å². The Morgan fingerprint density at radius 3 is 0.850 bits per heavy atom. The van der Waals surface area contributed by atoms with Crippen molar-refractivity contribution in [2.45, 2.75) is 79.0 Å². The maximum atomic E-state index is 9.87. The number of hydrogen-bond donors (Lipinski definition) is 1. The first kappa shape index (κ1) is 46.0. The Kier molecular flexibility index (Phi) is 19.8. The third kappa shape index (κ3) is 19.2. The predicted octanol–water partition coefficient (Wildman–Crippen LogP) is 11.4.